The predicted octanol–water partition coefficient (Wildman–Crippen LogP) is 5.04. The van der Waals surface area contributed by atoms with Gasteiger partial charge >= 0.3 is 6.18 Å². The molecule has 0 saturated heterocycles. The number of halogens is 5. The second kappa shape index (κ2) is 7.51. The first kappa shape index (κ1) is 20.3. The van der Waals surface area contributed by atoms with Crippen LogP contribution in [0.15, 0.2) is 53.3 Å². The highest BCUT2D eigenvalue weighted by Crippen LogP contribution is 2.34. The van der Waals surface area contributed by atoms with Crippen LogP contribution in [0.3, 0.4) is 0 Å². The third kappa shape index (κ3) is 4.04. The molecule has 148 valence electrons. The molecule has 0 amide bonds. The first-order valence-electron chi connectivity index (χ1n) is 8.38. The van der Waals surface area contributed by atoms with Gasteiger partial charge < -0.3 is 4.57 Å². The van der Waals surface area contributed by atoms with E-state index < -0.39 is 41.0 Å². The Balaban J connectivity index is 2.35. The molecule has 3 rings (SSSR count). The van der Waals surface area contributed by atoms with E-state index in [1.54, 1.807) is 25.1 Å². The van der Waals surface area contributed by atoms with E-state index in [0.29, 0.717) is 6.07 Å². The number of alkyl halides is 3. The highest BCUT2D eigenvalue weighted by molar-refractivity contribution is 5.63. The Labute approximate surface area is 162 Å². The van der Waals surface area contributed by atoms with Crippen molar-refractivity contribution in [2.75, 3.05) is 0 Å². The molecule has 0 saturated carbocycles. The van der Waals surface area contributed by atoms with Gasteiger partial charge in [0.05, 0.1) is 17.8 Å². The molecule has 3 nitrogen and oxygen atoms in total. The number of pyridine rings is 1. The van der Waals surface area contributed by atoms with Crippen molar-refractivity contribution in [1.29, 1.82) is 5.26 Å². The Morgan fingerprint density at radius 2 is 1.79 bits per heavy atom. The molecule has 8 heteroatoms. The van der Waals surface area contributed by atoms with Crippen LogP contribution in [0.1, 0.15) is 22.3 Å². The zero-order chi connectivity index (χ0) is 21.3. The number of rotatable bonds is 3. The van der Waals surface area contributed by atoms with Crippen LogP contribution in [0.2, 0.25) is 0 Å². The van der Waals surface area contributed by atoms with E-state index >= 15 is 0 Å². The smallest absolute Gasteiger partial charge is 0.303 e. The summed E-state index contributed by atoms with van der Waals surface area (Å²) in [6, 6.07) is 10.9. The lowest BCUT2D eigenvalue weighted by atomic mass is 10.0. The molecular formula is C21H13F5N2O. The van der Waals surface area contributed by atoms with Gasteiger partial charge in [-0.2, -0.15) is 18.4 Å². The largest absolute Gasteiger partial charge is 0.417 e. The molecule has 0 spiro atoms. The van der Waals surface area contributed by atoms with Gasteiger partial charge in [0.25, 0.3) is 5.56 Å². The van der Waals surface area contributed by atoms with E-state index in [0.717, 1.165) is 28.3 Å². The maximum atomic E-state index is 14.1. The molecule has 2 aromatic carbocycles. The highest BCUT2D eigenvalue weighted by Gasteiger charge is 2.36. The fourth-order valence-corrected chi connectivity index (χ4v) is 3.01. The minimum absolute atomic E-state index is 0.159. The highest BCUT2D eigenvalue weighted by atomic mass is 19.4. The summed E-state index contributed by atoms with van der Waals surface area (Å²) in [5.74, 6) is -1.59. The lowest BCUT2D eigenvalue weighted by Gasteiger charge is -2.18. The van der Waals surface area contributed by atoms with Crippen molar-refractivity contribution in [3.05, 3.63) is 92.8 Å². The van der Waals surface area contributed by atoms with Gasteiger partial charge in [-0.3, -0.25) is 4.79 Å². The molecule has 1 aromatic heterocycles. The van der Waals surface area contributed by atoms with Crippen LogP contribution in [0.5, 0.6) is 0 Å². The molecular weight excluding hydrogens is 391 g/mol. The quantitative estimate of drug-likeness (QED) is 0.574. The number of benzene rings is 2. The summed E-state index contributed by atoms with van der Waals surface area (Å²) in [6.07, 6.45) is -4.94. The Morgan fingerprint density at radius 1 is 1.07 bits per heavy atom. The van der Waals surface area contributed by atoms with Crippen molar-refractivity contribution in [2.45, 2.75) is 19.6 Å². The third-order valence-corrected chi connectivity index (χ3v) is 4.37. The second-order valence-corrected chi connectivity index (χ2v) is 6.42. The van der Waals surface area contributed by atoms with Crippen LogP contribution in [-0.2, 0) is 12.7 Å². The Kier molecular flexibility index (Phi) is 5.25. The number of nitriles is 1. The topological polar surface area (TPSA) is 45.8 Å². The summed E-state index contributed by atoms with van der Waals surface area (Å²) in [6.45, 7) is 1.17. The predicted molar refractivity (Wildman–Crippen MR) is 96.1 cm³/mol. The maximum Gasteiger partial charge on any atom is 0.417 e. The monoisotopic (exact) mass is 404 g/mol. The van der Waals surface area contributed by atoms with Gasteiger partial charge in [-0.15, -0.1) is 0 Å². The van der Waals surface area contributed by atoms with Crippen molar-refractivity contribution < 1.29 is 22.0 Å². The Hall–Kier alpha value is -3.47. The molecule has 0 fully saturated rings. The van der Waals surface area contributed by atoms with Gasteiger partial charge in [0.15, 0.2) is 0 Å². The maximum absolute atomic E-state index is 14.1. The standard InChI is InChI=1S/C21H13F5N2O/c1-12-3-2-4-13(7-12)19-9-17(21(24,25)26)16(10-27)20(29)28(19)11-14-8-15(22)5-6-18(14)23/h2-9H,11H2,1H3. The van der Waals surface area contributed by atoms with Gasteiger partial charge in [-0.25, -0.2) is 8.78 Å². The number of hydrogen-bond donors (Lipinski definition) is 0. The molecule has 0 atom stereocenters. The van der Waals surface area contributed by atoms with E-state index in [2.05, 4.69) is 0 Å². The van der Waals surface area contributed by atoms with Crippen molar-refractivity contribution >= 4 is 0 Å². The molecule has 3 aromatic rings. The first-order chi connectivity index (χ1) is 13.6. The second-order valence-electron chi connectivity index (χ2n) is 6.42. The van der Waals surface area contributed by atoms with Crippen LogP contribution < -0.4 is 5.56 Å². The van der Waals surface area contributed by atoms with Crippen molar-refractivity contribution in [3.63, 3.8) is 0 Å². The van der Waals surface area contributed by atoms with E-state index in [1.807, 2.05) is 0 Å². The Bertz CT molecular complexity index is 1190. The van der Waals surface area contributed by atoms with Gasteiger partial charge in [-0.05, 0) is 42.8 Å². The van der Waals surface area contributed by atoms with Crippen LogP contribution in [0.4, 0.5) is 22.0 Å². The minimum Gasteiger partial charge on any atom is -0.303 e. The lowest BCUT2D eigenvalue weighted by Crippen LogP contribution is -2.29. The summed E-state index contributed by atoms with van der Waals surface area (Å²) >= 11 is 0. The summed E-state index contributed by atoms with van der Waals surface area (Å²) in [7, 11) is 0. The summed E-state index contributed by atoms with van der Waals surface area (Å²) in [4.78, 5) is 12.8. The molecule has 0 N–H and O–H groups in total. The average Bonchev–Trinajstić information content (AvgIpc) is 2.65. The normalized spacial score (nSPS) is 11.3. The fourth-order valence-electron chi connectivity index (χ4n) is 3.01. The van der Waals surface area contributed by atoms with E-state index in [1.165, 1.54) is 12.1 Å². The summed E-state index contributed by atoms with van der Waals surface area (Å²) in [5, 5.41) is 9.16. The molecule has 0 radical (unpaired) electrons. The zero-order valence-electron chi connectivity index (χ0n) is 15.0. The van der Waals surface area contributed by atoms with Crippen LogP contribution in [-0.4, -0.2) is 4.57 Å². The first-order valence-corrected chi connectivity index (χ1v) is 8.38. The third-order valence-electron chi connectivity index (χ3n) is 4.37. The van der Waals surface area contributed by atoms with E-state index in [-0.39, 0.29) is 16.8 Å². The molecule has 0 aliphatic carbocycles. The number of hydrogen-bond acceptors (Lipinski definition) is 2. The summed E-state index contributed by atoms with van der Waals surface area (Å²) in [5.41, 5.74) is -3.12. The Morgan fingerprint density at radius 3 is 2.41 bits per heavy atom. The lowest BCUT2D eigenvalue weighted by molar-refractivity contribution is -0.137. The van der Waals surface area contributed by atoms with E-state index in [9.17, 15) is 26.7 Å². The summed E-state index contributed by atoms with van der Waals surface area (Å²) < 4.78 is 68.9. The number of aryl methyl sites for hydroxylation is 1. The minimum atomic E-state index is -4.94. The van der Waals surface area contributed by atoms with Crippen molar-refractivity contribution in [1.82, 2.24) is 4.57 Å². The van der Waals surface area contributed by atoms with Crippen LogP contribution in [0.25, 0.3) is 11.3 Å². The van der Waals surface area contributed by atoms with Crippen LogP contribution >= 0.6 is 0 Å². The van der Waals surface area contributed by atoms with Gasteiger partial charge in [0, 0.05) is 5.56 Å². The molecule has 0 aliphatic rings. The van der Waals surface area contributed by atoms with Crippen molar-refractivity contribution in [2.24, 2.45) is 0 Å². The zero-order valence-corrected chi connectivity index (χ0v) is 15.0. The molecule has 1 heterocycles. The van der Waals surface area contributed by atoms with Crippen molar-refractivity contribution in [3.8, 4) is 17.3 Å². The van der Waals surface area contributed by atoms with Gasteiger partial charge in [0.2, 0.25) is 0 Å². The molecule has 0 bridgehead atoms. The number of nitrogens with zero attached hydrogens (tertiary/aromatic N) is 2. The fraction of sp³-hybridized carbons (Fsp3) is 0.143. The molecule has 29 heavy (non-hydrogen) atoms. The average molecular weight is 404 g/mol. The van der Waals surface area contributed by atoms with Gasteiger partial charge in [0.1, 0.15) is 23.3 Å². The van der Waals surface area contributed by atoms with Crippen LogP contribution in [0, 0.1) is 29.9 Å². The number of aromatic nitrogens is 1. The SMILES string of the molecule is Cc1cccc(-c2cc(C(F)(F)F)c(C#N)c(=O)n2Cc2cc(F)ccc2F)c1. The van der Waals surface area contributed by atoms with E-state index in [4.69, 9.17) is 5.26 Å². The molecule has 0 aliphatic heterocycles. The van der Waals surface area contributed by atoms with Gasteiger partial charge in [-0.1, -0.05) is 23.8 Å². The molecule has 0 unspecified atom stereocenters.